The molecule has 13 heavy (non-hydrogen) atoms. The number of rotatable bonds is 2. The molecular formula is C6H4F3NO2S. The Labute approximate surface area is 72.4 Å². The van der Waals surface area contributed by atoms with Gasteiger partial charge in [-0.3, -0.25) is 0 Å². The second-order valence-corrected chi connectivity index (χ2v) is 3.46. The zero-order valence-electron chi connectivity index (χ0n) is 6.12. The summed E-state index contributed by atoms with van der Waals surface area (Å²) in [4.78, 5) is 3.10. The molecule has 0 saturated heterocycles. The number of alkyl halides is 2. The number of hydrogen-bond acceptors (Lipinski definition) is 3. The molecule has 0 N–H and O–H groups in total. The Morgan fingerprint density at radius 1 is 1.38 bits per heavy atom. The lowest BCUT2D eigenvalue weighted by molar-refractivity contribution is 0.151. The van der Waals surface area contributed by atoms with Crippen LogP contribution in [0.15, 0.2) is 23.4 Å². The molecule has 0 amide bonds. The van der Waals surface area contributed by atoms with Gasteiger partial charge in [-0.15, -0.1) is 0 Å². The molecule has 0 bridgehead atoms. The molecule has 0 fully saturated rings. The standard InChI is InChI=1S/C6H4F3NO2S/c7-6(8)4-1-2-10-5(3-4)13(9,11)12/h1-3,6H. The molecule has 0 aliphatic heterocycles. The van der Waals surface area contributed by atoms with Gasteiger partial charge in [-0.25, -0.2) is 13.8 Å². The maximum atomic E-state index is 12.2. The molecule has 3 nitrogen and oxygen atoms in total. The summed E-state index contributed by atoms with van der Waals surface area (Å²) in [6.07, 6.45) is -2.03. The molecule has 0 aliphatic rings. The van der Waals surface area contributed by atoms with E-state index >= 15 is 0 Å². The average Bonchev–Trinajstić information content (AvgIpc) is 2.03. The molecule has 0 saturated carbocycles. The van der Waals surface area contributed by atoms with Gasteiger partial charge in [0.05, 0.1) is 0 Å². The number of pyridine rings is 1. The van der Waals surface area contributed by atoms with E-state index in [1.807, 2.05) is 0 Å². The smallest absolute Gasteiger partial charge is 0.242 e. The predicted octanol–water partition coefficient (Wildman–Crippen LogP) is 1.68. The van der Waals surface area contributed by atoms with E-state index in [0.29, 0.717) is 6.07 Å². The number of nitrogens with zero attached hydrogens (tertiary/aromatic N) is 1. The summed E-state index contributed by atoms with van der Waals surface area (Å²) in [5.74, 6) is 0. The van der Waals surface area contributed by atoms with Gasteiger partial charge in [0.15, 0.2) is 5.03 Å². The highest BCUT2D eigenvalue weighted by Crippen LogP contribution is 2.20. The van der Waals surface area contributed by atoms with Gasteiger partial charge >= 0.3 is 10.2 Å². The van der Waals surface area contributed by atoms with Crippen LogP contribution in [0.4, 0.5) is 12.7 Å². The van der Waals surface area contributed by atoms with Gasteiger partial charge < -0.3 is 0 Å². The van der Waals surface area contributed by atoms with Crippen LogP contribution in [0.25, 0.3) is 0 Å². The first-order valence-electron chi connectivity index (χ1n) is 3.10. The highest BCUT2D eigenvalue weighted by Gasteiger charge is 2.16. The number of hydrogen-bond donors (Lipinski definition) is 0. The van der Waals surface area contributed by atoms with E-state index in [1.54, 1.807) is 0 Å². The van der Waals surface area contributed by atoms with E-state index in [4.69, 9.17) is 0 Å². The quantitative estimate of drug-likeness (QED) is 0.699. The molecule has 0 aliphatic carbocycles. The van der Waals surface area contributed by atoms with Crippen molar-refractivity contribution in [2.24, 2.45) is 0 Å². The third-order valence-electron chi connectivity index (χ3n) is 1.26. The Bertz CT molecular complexity index is 404. The van der Waals surface area contributed by atoms with Crippen molar-refractivity contribution < 1.29 is 21.1 Å². The minimum absolute atomic E-state index is 0.500. The van der Waals surface area contributed by atoms with Crippen LogP contribution in [-0.4, -0.2) is 13.4 Å². The third kappa shape index (κ3) is 2.41. The fourth-order valence-corrected chi connectivity index (χ4v) is 1.16. The molecule has 0 atom stereocenters. The van der Waals surface area contributed by atoms with E-state index in [9.17, 15) is 21.1 Å². The molecule has 0 radical (unpaired) electrons. The van der Waals surface area contributed by atoms with Crippen LogP contribution in [0.2, 0.25) is 0 Å². The van der Waals surface area contributed by atoms with Crippen molar-refractivity contribution in [3.63, 3.8) is 0 Å². The van der Waals surface area contributed by atoms with Crippen LogP contribution in [-0.2, 0) is 10.2 Å². The van der Waals surface area contributed by atoms with Crippen LogP contribution >= 0.6 is 0 Å². The van der Waals surface area contributed by atoms with Crippen molar-refractivity contribution in [3.05, 3.63) is 23.9 Å². The SMILES string of the molecule is O=S(=O)(F)c1cc(C(F)F)ccn1. The molecule has 1 aromatic rings. The average molecular weight is 211 g/mol. The normalized spacial score (nSPS) is 12.0. The fourth-order valence-electron chi connectivity index (χ4n) is 0.694. The summed E-state index contributed by atoms with van der Waals surface area (Å²) >= 11 is 0. The van der Waals surface area contributed by atoms with Crippen LogP contribution in [0, 0.1) is 0 Å². The first-order valence-corrected chi connectivity index (χ1v) is 4.48. The summed E-state index contributed by atoms with van der Waals surface area (Å²) in [6.45, 7) is 0. The molecule has 0 unspecified atom stereocenters. The predicted molar refractivity (Wildman–Crippen MR) is 37.5 cm³/mol. The molecule has 1 heterocycles. The van der Waals surface area contributed by atoms with Crippen molar-refractivity contribution >= 4 is 10.2 Å². The molecule has 1 aromatic heterocycles. The highest BCUT2D eigenvalue weighted by molar-refractivity contribution is 7.86. The first-order chi connectivity index (χ1) is 5.91. The summed E-state index contributed by atoms with van der Waals surface area (Å²) in [5, 5.41) is -0.995. The van der Waals surface area contributed by atoms with Gasteiger partial charge in [-0.05, 0) is 12.1 Å². The first kappa shape index (κ1) is 9.97. The summed E-state index contributed by atoms with van der Waals surface area (Å²) < 4.78 is 56.7. The van der Waals surface area contributed by atoms with Crippen molar-refractivity contribution in [2.75, 3.05) is 0 Å². The summed E-state index contributed by atoms with van der Waals surface area (Å²) in [6, 6.07) is 1.42. The van der Waals surface area contributed by atoms with Gasteiger partial charge in [-0.2, -0.15) is 8.42 Å². The van der Waals surface area contributed by atoms with Crippen LogP contribution in [0.1, 0.15) is 12.0 Å². The Kier molecular flexibility index (Phi) is 2.55. The Morgan fingerprint density at radius 3 is 2.46 bits per heavy atom. The van der Waals surface area contributed by atoms with Gasteiger partial charge in [-0.1, -0.05) is 3.89 Å². The van der Waals surface area contributed by atoms with E-state index in [-0.39, 0.29) is 0 Å². The second kappa shape index (κ2) is 3.33. The van der Waals surface area contributed by atoms with Crippen LogP contribution in [0.5, 0.6) is 0 Å². The summed E-state index contributed by atoms with van der Waals surface area (Å²) in [5.41, 5.74) is -0.578. The molecule has 0 spiro atoms. The van der Waals surface area contributed by atoms with Crippen molar-refractivity contribution in [2.45, 2.75) is 11.5 Å². The molecule has 1 rings (SSSR count). The second-order valence-electron chi connectivity index (χ2n) is 2.17. The van der Waals surface area contributed by atoms with Gasteiger partial charge in [0.2, 0.25) is 0 Å². The lowest BCUT2D eigenvalue weighted by atomic mass is 10.3. The lowest BCUT2D eigenvalue weighted by Crippen LogP contribution is -1.97. The highest BCUT2D eigenvalue weighted by atomic mass is 32.3. The number of halogens is 3. The van der Waals surface area contributed by atoms with E-state index in [0.717, 1.165) is 12.3 Å². The van der Waals surface area contributed by atoms with Crippen LogP contribution in [0.3, 0.4) is 0 Å². The van der Waals surface area contributed by atoms with Gasteiger partial charge in [0, 0.05) is 11.8 Å². The van der Waals surface area contributed by atoms with E-state index < -0.39 is 27.2 Å². The molecule has 72 valence electrons. The minimum atomic E-state index is -5.00. The monoisotopic (exact) mass is 211 g/mol. The third-order valence-corrected chi connectivity index (χ3v) is 1.98. The zero-order valence-corrected chi connectivity index (χ0v) is 6.93. The largest absolute Gasteiger partial charge is 0.349 e. The van der Waals surface area contributed by atoms with Gasteiger partial charge in [0.1, 0.15) is 0 Å². The fraction of sp³-hybridized carbons (Fsp3) is 0.167. The Balaban J connectivity index is 3.21. The minimum Gasteiger partial charge on any atom is -0.242 e. The molecule has 7 heteroatoms. The molecular weight excluding hydrogens is 207 g/mol. The van der Waals surface area contributed by atoms with Crippen molar-refractivity contribution in [1.82, 2.24) is 4.98 Å². The Hall–Kier alpha value is -1.11. The van der Waals surface area contributed by atoms with Crippen LogP contribution < -0.4 is 0 Å². The molecule has 0 aromatic carbocycles. The lowest BCUT2D eigenvalue weighted by Gasteiger charge is -1.99. The van der Waals surface area contributed by atoms with Crippen molar-refractivity contribution in [3.8, 4) is 0 Å². The van der Waals surface area contributed by atoms with E-state index in [1.165, 1.54) is 0 Å². The maximum Gasteiger partial charge on any atom is 0.349 e. The Morgan fingerprint density at radius 2 is 2.00 bits per heavy atom. The summed E-state index contributed by atoms with van der Waals surface area (Å²) in [7, 11) is -5.00. The van der Waals surface area contributed by atoms with Gasteiger partial charge in [0.25, 0.3) is 6.43 Å². The van der Waals surface area contributed by atoms with E-state index in [2.05, 4.69) is 4.98 Å². The number of aromatic nitrogens is 1. The topological polar surface area (TPSA) is 47.0 Å². The zero-order chi connectivity index (χ0) is 10.1. The van der Waals surface area contributed by atoms with Crippen molar-refractivity contribution in [1.29, 1.82) is 0 Å². The maximum absolute atomic E-state index is 12.2.